The van der Waals surface area contributed by atoms with Crippen molar-refractivity contribution in [1.29, 1.82) is 0 Å². The highest BCUT2D eigenvalue weighted by atomic mass is 35.5. The predicted octanol–water partition coefficient (Wildman–Crippen LogP) is 3.91. The van der Waals surface area contributed by atoms with Gasteiger partial charge in [-0.1, -0.05) is 41.6 Å². The molecule has 1 atom stereocenters. The molecule has 1 aliphatic heterocycles. The molecule has 1 aromatic heterocycles. The first kappa shape index (κ1) is 21.3. The van der Waals surface area contributed by atoms with Crippen molar-refractivity contribution in [3.05, 3.63) is 74.5 Å². The first-order valence-electron chi connectivity index (χ1n) is 9.52. The maximum absolute atomic E-state index is 13.1. The molecule has 0 radical (unpaired) electrons. The van der Waals surface area contributed by atoms with Crippen molar-refractivity contribution in [2.75, 3.05) is 12.4 Å². The number of phenolic OH excluding ortho intramolecular Hbond substituents is 1. The van der Waals surface area contributed by atoms with Crippen molar-refractivity contribution in [3.8, 4) is 11.5 Å². The maximum atomic E-state index is 13.1. The van der Waals surface area contributed by atoms with E-state index in [9.17, 15) is 14.7 Å². The molecule has 0 aliphatic carbocycles. The van der Waals surface area contributed by atoms with E-state index >= 15 is 0 Å². The number of hydrogen-bond donors (Lipinski definition) is 2. The second kappa shape index (κ2) is 8.64. The van der Waals surface area contributed by atoms with Crippen molar-refractivity contribution in [1.82, 2.24) is 9.55 Å². The minimum Gasteiger partial charge on any atom is -0.508 e. The van der Waals surface area contributed by atoms with Crippen LogP contribution in [0.3, 0.4) is 0 Å². The van der Waals surface area contributed by atoms with E-state index in [1.54, 1.807) is 23.7 Å². The van der Waals surface area contributed by atoms with Crippen molar-refractivity contribution in [2.24, 2.45) is 7.05 Å². The van der Waals surface area contributed by atoms with Gasteiger partial charge >= 0.3 is 0 Å². The predicted molar refractivity (Wildman–Crippen MR) is 120 cm³/mol. The Labute approximate surface area is 188 Å². The zero-order chi connectivity index (χ0) is 22.1. The summed E-state index contributed by atoms with van der Waals surface area (Å²) < 4.78 is 7.11. The number of methoxy groups -OCH3 is 1. The Balaban J connectivity index is 1.75. The van der Waals surface area contributed by atoms with Crippen molar-refractivity contribution in [3.63, 3.8) is 0 Å². The first-order valence-corrected chi connectivity index (χ1v) is 10.9. The zero-order valence-corrected chi connectivity index (χ0v) is 18.5. The fraction of sp³-hybridized carbons (Fsp3) is 0.227. The Morgan fingerprint density at radius 1 is 1.29 bits per heavy atom. The van der Waals surface area contributed by atoms with E-state index in [-0.39, 0.29) is 18.1 Å². The number of amides is 1. The average Bonchev–Trinajstić information content (AvgIpc) is 2.74. The van der Waals surface area contributed by atoms with Crippen LogP contribution in [-0.2, 0) is 17.6 Å². The number of halogens is 1. The number of fused-ring (bicyclic) bond motifs is 1. The minimum absolute atomic E-state index is 0.0416. The van der Waals surface area contributed by atoms with Crippen LogP contribution in [-0.4, -0.2) is 27.7 Å². The number of benzene rings is 2. The van der Waals surface area contributed by atoms with Gasteiger partial charge in [0, 0.05) is 41.8 Å². The molecule has 0 saturated carbocycles. The van der Waals surface area contributed by atoms with Crippen LogP contribution >= 0.6 is 23.4 Å². The van der Waals surface area contributed by atoms with Gasteiger partial charge < -0.3 is 19.7 Å². The summed E-state index contributed by atoms with van der Waals surface area (Å²) in [5.41, 5.74) is 1.65. The lowest BCUT2D eigenvalue weighted by atomic mass is 9.86. The van der Waals surface area contributed by atoms with Crippen LogP contribution in [0, 0.1) is 0 Å². The Morgan fingerprint density at radius 3 is 2.84 bits per heavy atom. The molecule has 2 N–H and O–H groups in total. The highest BCUT2D eigenvalue weighted by molar-refractivity contribution is 7.98. The number of nitrogens with zero attached hydrogens (tertiary/aromatic N) is 2. The largest absolute Gasteiger partial charge is 0.508 e. The summed E-state index contributed by atoms with van der Waals surface area (Å²) in [6.07, 6.45) is 0.0834. The Hall–Kier alpha value is -2.97. The number of phenols is 1. The summed E-state index contributed by atoms with van der Waals surface area (Å²) in [5.74, 6) is 0.706. The van der Waals surface area contributed by atoms with Crippen LogP contribution in [0.5, 0.6) is 11.5 Å². The summed E-state index contributed by atoms with van der Waals surface area (Å²) in [4.78, 5) is 29.9. The quantitative estimate of drug-likeness (QED) is 0.445. The van der Waals surface area contributed by atoms with Gasteiger partial charge in [0.25, 0.3) is 5.56 Å². The molecule has 9 heteroatoms. The monoisotopic (exact) mass is 457 g/mol. The molecular weight excluding hydrogens is 438 g/mol. The van der Waals surface area contributed by atoms with E-state index in [0.717, 1.165) is 5.56 Å². The summed E-state index contributed by atoms with van der Waals surface area (Å²) >= 11 is 7.44. The van der Waals surface area contributed by atoms with E-state index in [0.29, 0.717) is 38.6 Å². The molecule has 1 unspecified atom stereocenters. The topological polar surface area (TPSA) is 93.4 Å². The molecule has 4 rings (SSSR count). The normalized spacial score (nSPS) is 15.3. The van der Waals surface area contributed by atoms with Gasteiger partial charge in [-0.25, -0.2) is 0 Å². The van der Waals surface area contributed by atoms with E-state index in [2.05, 4.69) is 10.3 Å². The van der Waals surface area contributed by atoms with Gasteiger partial charge in [-0.2, -0.15) is 4.98 Å². The van der Waals surface area contributed by atoms with Crippen LogP contribution in [0.15, 0.2) is 52.4 Å². The van der Waals surface area contributed by atoms with Gasteiger partial charge in [-0.05, 0) is 23.8 Å². The standard InChI is InChI=1S/C22H20ClN3O4S/c1-26-20-19(21(29)25-22(26)31-11-12-4-3-5-13(23)8-12)16(10-18(28)24-20)15-7-6-14(27)9-17(15)30-2/h3-9,16,27H,10-11H2,1-2H3,(H,24,28). The molecule has 31 heavy (non-hydrogen) atoms. The first-order chi connectivity index (χ1) is 14.9. The number of nitrogens with one attached hydrogen (secondary N) is 1. The van der Waals surface area contributed by atoms with Gasteiger partial charge in [-0.15, -0.1) is 0 Å². The molecule has 0 spiro atoms. The average molecular weight is 458 g/mol. The second-order valence-corrected chi connectivity index (χ2v) is 8.55. The Kier molecular flexibility index (Phi) is 5.93. The molecule has 3 aromatic rings. The fourth-order valence-corrected chi connectivity index (χ4v) is 4.81. The van der Waals surface area contributed by atoms with Gasteiger partial charge in [0.15, 0.2) is 5.16 Å². The molecular formula is C22H20ClN3O4S. The summed E-state index contributed by atoms with van der Waals surface area (Å²) in [5, 5.41) is 13.7. The van der Waals surface area contributed by atoms with Crippen LogP contribution in [0.1, 0.15) is 29.0 Å². The molecule has 7 nitrogen and oxygen atoms in total. The fourth-order valence-electron chi connectivity index (χ4n) is 3.69. The summed E-state index contributed by atoms with van der Waals surface area (Å²) in [6, 6.07) is 12.1. The number of aromatic hydroxyl groups is 1. The number of carbonyl (C=O) groups excluding carboxylic acids is 1. The van der Waals surface area contributed by atoms with Gasteiger partial charge in [0.1, 0.15) is 17.3 Å². The Morgan fingerprint density at radius 2 is 2.10 bits per heavy atom. The Bertz CT molecular complexity index is 1230. The maximum Gasteiger partial charge on any atom is 0.279 e. The van der Waals surface area contributed by atoms with E-state index < -0.39 is 11.5 Å². The van der Waals surface area contributed by atoms with Crippen molar-refractivity contribution < 1.29 is 14.6 Å². The lowest BCUT2D eigenvalue weighted by molar-refractivity contribution is -0.116. The SMILES string of the molecule is COc1cc(O)ccc1C1CC(=O)Nc2c1c(=O)nc(SCc1cccc(Cl)c1)n2C. The number of rotatable bonds is 5. The third-order valence-corrected chi connectivity index (χ3v) is 6.49. The zero-order valence-electron chi connectivity index (χ0n) is 16.9. The van der Waals surface area contributed by atoms with Crippen molar-refractivity contribution in [2.45, 2.75) is 23.2 Å². The third-order valence-electron chi connectivity index (χ3n) is 5.15. The highest BCUT2D eigenvalue weighted by Gasteiger charge is 2.33. The number of ether oxygens (including phenoxy) is 1. The van der Waals surface area contributed by atoms with Crippen LogP contribution in [0.4, 0.5) is 5.82 Å². The molecule has 2 aromatic carbocycles. The summed E-state index contributed by atoms with van der Waals surface area (Å²) in [6.45, 7) is 0. The number of thioether (sulfide) groups is 1. The van der Waals surface area contributed by atoms with Gasteiger partial charge in [-0.3, -0.25) is 9.59 Å². The van der Waals surface area contributed by atoms with Crippen molar-refractivity contribution >= 4 is 35.1 Å². The number of carbonyl (C=O) groups is 1. The molecule has 2 heterocycles. The number of aromatic nitrogens is 2. The lowest BCUT2D eigenvalue weighted by Gasteiger charge is -2.28. The third kappa shape index (κ3) is 4.26. The van der Waals surface area contributed by atoms with E-state index in [1.807, 2.05) is 18.2 Å². The smallest absolute Gasteiger partial charge is 0.279 e. The number of anilines is 1. The molecule has 0 bridgehead atoms. The molecule has 0 fully saturated rings. The highest BCUT2D eigenvalue weighted by Crippen LogP contribution is 2.40. The van der Waals surface area contributed by atoms with Gasteiger partial charge in [0.2, 0.25) is 5.91 Å². The molecule has 0 saturated heterocycles. The minimum atomic E-state index is -0.530. The molecule has 1 amide bonds. The van der Waals surface area contributed by atoms with E-state index in [4.69, 9.17) is 16.3 Å². The second-order valence-electron chi connectivity index (χ2n) is 7.17. The molecule has 1 aliphatic rings. The van der Waals surface area contributed by atoms with Crippen LogP contribution in [0.2, 0.25) is 5.02 Å². The van der Waals surface area contributed by atoms with Crippen LogP contribution < -0.4 is 15.6 Å². The van der Waals surface area contributed by atoms with E-state index in [1.165, 1.54) is 31.0 Å². The van der Waals surface area contributed by atoms with Crippen LogP contribution in [0.25, 0.3) is 0 Å². The molecule has 160 valence electrons. The van der Waals surface area contributed by atoms with Gasteiger partial charge in [0.05, 0.1) is 12.7 Å². The summed E-state index contributed by atoms with van der Waals surface area (Å²) in [7, 11) is 3.25. The number of hydrogen-bond acceptors (Lipinski definition) is 6. The lowest BCUT2D eigenvalue weighted by Crippen LogP contribution is -2.33.